The van der Waals surface area contributed by atoms with E-state index in [1.54, 1.807) is 42.4 Å². The molecule has 8 nitrogen and oxygen atoms in total. The van der Waals surface area contributed by atoms with Crippen LogP contribution in [-0.2, 0) is 14.3 Å². The van der Waals surface area contributed by atoms with Crippen LogP contribution in [0.1, 0.15) is 12.7 Å². The molecule has 9 heteroatoms. The van der Waals surface area contributed by atoms with Gasteiger partial charge in [-0.1, -0.05) is 0 Å². The summed E-state index contributed by atoms with van der Waals surface area (Å²) in [4.78, 5) is 36.6. The van der Waals surface area contributed by atoms with Crippen molar-refractivity contribution in [2.45, 2.75) is 13.0 Å². The van der Waals surface area contributed by atoms with Crippen molar-refractivity contribution in [2.75, 3.05) is 31.1 Å². The smallest absolute Gasteiger partial charge is 0.331 e. The first-order valence-electron chi connectivity index (χ1n) is 8.48. The molecule has 0 N–H and O–H groups in total. The number of piperazine rings is 1. The third kappa shape index (κ3) is 5.28. The van der Waals surface area contributed by atoms with Crippen LogP contribution in [0.4, 0.5) is 5.95 Å². The average Bonchev–Trinajstić information content (AvgIpc) is 3.12. The van der Waals surface area contributed by atoms with Crippen LogP contribution in [0.15, 0.2) is 41.1 Å². The number of carbonyl (C=O) groups is 2. The number of halogens is 1. The van der Waals surface area contributed by atoms with Crippen LogP contribution in [0.3, 0.4) is 0 Å². The Morgan fingerprint density at radius 2 is 1.93 bits per heavy atom. The van der Waals surface area contributed by atoms with Crippen LogP contribution < -0.4 is 4.90 Å². The van der Waals surface area contributed by atoms with Crippen molar-refractivity contribution >= 4 is 46.5 Å². The van der Waals surface area contributed by atoms with E-state index in [0.717, 1.165) is 3.77 Å². The maximum atomic E-state index is 12.5. The first-order valence-corrected chi connectivity index (χ1v) is 9.55. The number of carbonyl (C=O) groups excluding carboxylic acids is 2. The molecule has 1 fully saturated rings. The van der Waals surface area contributed by atoms with Crippen LogP contribution in [0, 0.1) is 3.77 Å². The standard InChI is InChI=1S/C18H19IN4O4/c1-13(26-16(24)6-4-14-3-5-15(19)27-14)17(25)22-9-11-23(12-10-22)18-20-7-2-8-21-18/h2-8,13H,9-12H2,1H3/b6-4+. The molecular formula is C18H19IN4O4. The van der Waals surface area contributed by atoms with Crippen molar-refractivity contribution in [3.8, 4) is 0 Å². The van der Waals surface area contributed by atoms with E-state index < -0.39 is 12.1 Å². The molecule has 0 saturated carbocycles. The van der Waals surface area contributed by atoms with Gasteiger partial charge in [-0.15, -0.1) is 0 Å². The SMILES string of the molecule is CC(OC(=O)/C=C/c1ccc(I)o1)C(=O)N1CCN(c2ncccn2)CC1. The van der Waals surface area contributed by atoms with Gasteiger partial charge in [0.05, 0.1) is 0 Å². The number of esters is 1. The molecule has 2 aromatic rings. The summed E-state index contributed by atoms with van der Waals surface area (Å²) >= 11 is 2.04. The molecule has 1 amide bonds. The van der Waals surface area contributed by atoms with Gasteiger partial charge in [-0.3, -0.25) is 4.79 Å². The molecule has 3 heterocycles. The summed E-state index contributed by atoms with van der Waals surface area (Å²) in [5, 5.41) is 0. The number of amides is 1. The molecule has 0 aromatic carbocycles. The summed E-state index contributed by atoms with van der Waals surface area (Å²) in [6, 6.07) is 5.30. The van der Waals surface area contributed by atoms with E-state index in [9.17, 15) is 9.59 Å². The first kappa shape index (κ1) is 19.3. The first-order chi connectivity index (χ1) is 13.0. The van der Waals surface area contributed by atoms with Gasteiger partial charge in [-0.25, -0.2) is 14.8 Å². The minimum Gasteiger partial charge on any atom is -0.451 e. The normalized spacial score (nSPS) is 15.8. The summed E-state index contributed by atoms with van der Waals surface area (Å²) in [5.41, 5.74) is 0. The van der Waals surface area contributed by atoms with E-state index in [-0.39, 0.29) is 5.91 Å². The van der Waals surface area contributed by atoms with Crippen molar-refractivity contribution in [3.63, 3.8) is 0 Å². The number of aromatic nitrogens is 2. The molecule has 2 aromatic heterocycles. The molecule has 0 bridgehead atoms. The molecule has 1 unspecified atom stereocenters. The second-order valence-electron chi connectivity index (χ2n) is 5.92. The highest BCUT2D eigenvalue weighted by Crippen LogP contribution is 2.13. The van der Waals surface area contributed by atoms with Crippen molar-refractivity contribution in [1.29, 1.82) is 0 Å². The van der Waals surface area contributed by atoms with Crippen LogP contribution >= 0.6 is 22.6 Å². The van der Waals surface area contributed by atoms with Crippen LogP contribution in [0.2, 0.25) is 0 Å². The second-order valence-corrected chi connectivity index (χ2v) is 6.98. The quantitative estimate of drug-likeness (QED) is 0.366. The fraction of sp³-hybridized carbons (Fsp3) is 0.333. The van der Waals surface area contributed by atoms with E-state index >= 15 is 0 Å². The molecule has 1 aliphatic rings. The Bertz CT molecular complexity index is 816. The number of hydrogen-bond acceptors (Lipinski definition) is 7. The highest BCUT2D eigenvalue weighted by molar-refractivity contribution is 14.1. The predicted octanol–water partition coefficient (Wildman–Crippen LogP) is 1.97. The Hall–Kier alpha value is -2.43. The summed E-state index contributed by atoms with van der Waals surface area (Å²) < 4.78 is 11.3. The second kappa shape index (κ2) is 8.98. The van der Waals surface area contributed by atoms with Crippen LogP contribution in [0.25, 0.3) is 6.08 Å². The zero-order valence-electron chi connectivity index (χ0n) is 14.7. The van der Waals surface area contributed by atoms with Crippen molar-refractivity contribution in [1.82, 2.24) is 14.9 Å². The van der Waals surface area contributed by atoms with Crippen LogP contribution in [0.5, 0.6) is 0 Å². The predicted molar refractivity (Wildman–Crippen MR) is 107 cm³/mol. The lowest BCUT2D eigenvalue weighted by Gasteiger charge is -2.35. The summed E-state index contributed by atoms with van der Waals surface area (Å²) in [5.74, 6) is 0.410. The van der Waals surface area contributed by atoms with Crippen molar-refractivity contribution < 1.29 is 18.7 Å². The lowest BCUT2D eigenvalue weighted by Crippen LogP contribution is -2.52. The van der Waals surface area contributed by atoms with Crippen molar-refractivity contribution in [3.05, 3.63) is 46.2 Å². The fourth-order valence-corrected chi connectivity index (χ4v) is 3.10. The van der Waals surface area contributed by atoms with Gasteiger partial charge in [-0.2, -0.15) is 0 Å². The molecule has 1 saturated heterocycles. The zero-order valence-corrected chi connectivity index (χ0v) is 16.9. The molecular weight excluding hydrogens is 463 g/mol. The van der Waals surface area contributed by atoms with Gasteiger partial charge in [0.15, 0.2) is 9.87 Å². The molecule has 0 aliphatic carbocycles. The lowest BCUT2D eigenvalue weighted by molar-refractivity contribution is -0.155. The number of furan rings is 1. The Morgan fingerprint density at radius 3 is 2.56 bits per heavy atom. The topological polar surface area (TPSA) is 88.8 Å². The Balaban J connectivity index is 1.47. The molecule has 1 atom stereocenters. The highest BCUT2D eigenvalue weighted by Gasteiger charge is 2.27. The van der Waals surface area contributed by atoms with Gasteiger partial charge in [0, 0.05) is 44.6 Å². The Labute approximate surface area is 170 Å². The summed E-state index contributed by atoms with van der Waals surface area (Å²) in [6.45, 7) is 3.90. The third-order valence-electron chi connectivity index (χ3n) is 4.04. The minimum atomic E-state index is -0.849. The monoisotopic (exact) mass is 482 g/mol. The summed E-state index contributed by atoms with van der Waals surface area (Å²) in [7, 11) is 0. The number of hydrogen-bond donors (Lipinski definition) is 0. The van der Waals surface area contributed by atoms with Gasteiger partial charge >= 0.3 is 5.97 Å². The number of anilines is 1. The van der Waals surface area contributed by atoms with Gasteiger partial charge in [0.1, 0.15) is 5.76 Å². The third-order valence-corrected chi connectivity index (χ3v) is 4.62. The number of ether oxygens (including phenoxy) is 1. The van der Waals surface area contributed by atoms with Gasteiger partial charge in [0.2, 0.25) is 5.95 Å². The minimum absolute atomic E-state index is 0.210. The van der Waals surface area contributed by atoms with Crippen molar-refractivity contribution in [2.24, 2.45) is 0 Å². The van der Waals surface area contributed by atoms with Gasteiger partial charge < -0.3 is 19.0 Å². The molecule has 0 spiro atoms. The molecule has 27 heavy (non-hydrogen) atoms. The maximum Gasteiger partial charge on any atom is 0.331 e. The van der Waals surface area contributed by atoms with E-state index in [0.29, 0.717) is 37.9 Å². The zero-order chi connectivity index (χ0) is 19.2. The largest absolute Gasteiger partial charge is 0.451 e. The molecule has 3 rings (SSSR count). The summed E-state index contributed by atoms with van der Waals surface area (Å²) in [6.07, 6.45) is 5.30. The van der Waals surface area contributed by atoms with E-state index in [1.807, 2.05) is 27.5 Å². The van der Waals surface area contributed by atoms with E-state index in [2.05, 4.69) is 9.97 Å². The molecule has 0 radical (unpaired) electrons. The maximum absolute atomic E-state index is 12.5. The Morgan fingerprint density at radius 1 is 1.22 bits per heavy atom. The van der Waals surface area contributed by atoms with Gasteiger partial charge in [0.25, 0.3) is 5.91 Å². The lowest BCUT2D eigenvalue weighted by atomic mass is 10.2. The molecule has 142 valence electrons. The molecule has 1 aliphatic heterocycles. The van der Waals surface area contributed by atoms with Crippen LogP contribution in [-0.4, -0.2) is 59.0 Å². The number of nitrogens with zero attached hydrogens (tertiary/aromatic N) is 4. The van der Waals surface area contributed by atoms with E-state index in [1.165, 1.54) is 12.2 Å². The van der Waals surface area contributed by atoms with Gasteiger partial charge in [-0.05, 0) is 53.8 Å². The number of rotatable bonds is 5. The fourth-order valence-electron chi connectivity index (χ4n) is 2.67. The Kier molecular flexibility index (Phi) is 6.43. The van der Waals surface area contributed by atoms with E-state index in [4.69, 9.17) is 9.15 Å². The highest BCUT2D eigenvalue weighted by atomic mass is 127. The average molecular weight is 482 g/mol.